The first-order valence-corrected chi connectivity index (χ1v) is 16.7. The average Bonchev–Trinajstić information content (AvgIpc) is 3.01. The molecule has 0 aromatic heterocycles. The van der Waals surface area contributed by atoms with Crippen LogP contribution in [0, 0.1) is 5.92 Å². The molecule has 2 aromatic rings. The fraction of sp³-hybridized carbons (Fsp3) is 0.548. The van der Waals surface area contributed by atoms with E-state index in [0.717, 1.165) is 49.8 Å². The molecule has 1 fully saturated rings. The zero-order valence-electron chi connectivity index (χ0n) is 24.6. The second-order valence-corrected chi connectivity index (χ2v) is 13.8. The van der Waals surface area contributed by atoms with Gasteiger partial charge in [-0.3, -0.25) is 24.1 Å². The Kier molecular flexibility index (Phi) is 11.0. The number of aliphatic hydroxyl groups excluding tert-OH is 1. The van der Waals surface area contributed by atoms with Crippen molar-refractivity contribution < 1.29 is 34.0 Å². The van der Waals surface area contributed by atoms with Crippen molar-refractivity contribution >= 4 is 58.8 Å². The van der Waals surface area contributed by atoms with Gasteiger partial charge in [0.25, 0.3) is 22.9 Å². The summed E-state index contributed by atoms with van der Waals surface area (Å²) < 4.78 is 13.3. The largest absolute Gasteiger partial charge is 0.506 e. The normalized spacial score (nSPS) is 21.0. The van der Waals surface area contributed by atoms with E-state index in [9.17, 15) is 34.0 Å². The number of halogens is 1. The summed E-state index contributed by atoms with van der Waals surface area (Å²) in [6.07, 6.45) is 6.69. The van der Waals surface area contributed by atoms with E-state index in [4.69, 9.17) is 0 Å². The Labute approximate surface area is 261 Å². The Balaban J connectivity index is 1.68. The van der Waals surface area contributed by atoms with Gasteiger partial charge in [-0.15, -0.1) is 0 Å². The number of hydrogen-bond donors (Lipinski definition) is 4. The van der Waals surface area contributed by atoms with Crippen LogP contribution >= 0.6 is 24.4 Å². The van der Waals surface area contributed by atoms with E-state index in [1.54, 1.807) is 26.0 Å². The number of nitrogens with zero attached hydrogens (tertiary/aromatic N) is 1. The number of phenols is 1. The van der Waals surface area contributed by atoms with Gasteiger partial charge in [0.15, 0.2) is 0 Å². The van der Waals surface area contributed by atoms with Gasteiger partial charge >= 0.3 is 8.46 Å². The predicted octanol–water partition coefficient (Wildman–Crippen LogP) is 4.81. The molecule has 0 bridgehead atoms. The highest BCUT2D eigenvalue weighted by Gasteiger charge is 2.58. The van der Waals surface area contributed by atoms with Crippen LogP contribution < -0.4 is 10.6 Å². The fourth-order valence-corrected chi connectivity index (χ4v) is 7.28. The summed E-state index contributed by atoms with van der Waals surface area (Å²) in [6, 6.07) is 5.15. The quantitative estimate of drug-likeness (QED) is 0.243. The molecule has 4 rings (SSSR count). The van der Waals surface area contributed by atoms with Gasteiger partial charge in [-0.25, -0.2) is 0 Å². The van der Waals surface area contributed by atoms with Gasteiger partial charge in [-0.2, -0.15) is 0 Å². The third-order valence-electron chi connectivity index (χ3n) is 8.51. The van der Waals surface area contributed by atoms with E-state index in [-0.39, 0.29) is 32.6 Å². The van der Waals surface area contributed by atoms with Crippen molar-refractivity contribution in [2.75, 3.05) is 13.1 Å². The first-order chi connectivity index (χ1) is 20.5. The number of nitrogens with one attached hydrogen (secondary N) is 2. The molecule has 4 amide bonds. The van der Waals surface area contributed by atoms with Gasteiger partial charge in [0.05, 0.1) is 16.6 Å². The predicted molar refractivity (Wildman–Crippen MR) is 168 cm³/mol. The summed E-state index contributed by atoms with van der Waals surface area (Å²) in [4.78, 5) is 55.6. The number of carbonyl (C=O) groups excluding carboxylic acids is 4. The molecular weight excluding hydrogens is 637 g/mol. The lowest BCUT2D eigenvalue weighted by atomic mass is 9.88. The monoisotopic (exact) mass is 676 g/mol. The second-order valence-electron chi connectivity index (χ2n) is 11.9. The summed E-state index contributed by atoms with van der Waals surface area (Å²) in [5.41, 5.74) is 0.249. The van der Waals surface area contributed by atoms with Crippen LogP contribution in [0.15, 0.2) is 28.7 Å². The Hall–Kier alpha value is -2.88. The molecule has 2 aliphatic heterocycles. The highest BCUT2D eigenvalue weighted by atomic mass is 79.9. The van der Waals surface area contributed by atoms with E-state index in [2.05, 4.69) is 26.6 Å². The van der Waals surface area contributed by atoms with Gasteiger partial charge in [0, 0.05) is 22.9 Å². The summed E-state index contributed by atoms with van der Waals surface area (Å²) in [7, 11) is -1.44. The molecule has 12 heteroatoms. The molecule has 4 N–H and O–H groups in total. The van der Waals surface area contributed by atoms with Crippen LogP contribution in [0.3, 0.4) is 0 Å². The van der Waals surface area contributed by atoms with E-state index >= 15 is 0 Å². The van der Waals surface area contributed by atoms with Crippen LogP contribution in [-0.4, -0.2) is 69.1 Å². The molecule has 0 saturated carbocycles. The summed E-state index contributed by atoms with van der Waals surface area (Å²) in [5.74, 6) is -3.40. The number of aliphatic hydroxyl groups is 1. The Bertz CT molecular complexity index is 1420. The standard InChI is InChI=1S/C31H39BrN3O7P/c1-18(2)26(37)31(43-42,30(41)34-23-14-9-7-5-3-4-6-8-10-15-33-27(23)38)17-35-28(39)20-13-11-12-19-24(20)21(29(35)40)16-22(32)25(19)36/h11-13,16,18,23,26,36-37H,3-10,14-15,17H2,1-2H3,(H,33,38)(H,34,41)/p+1. The number of aromatic hydroxyl groups is 1. The minimum absolute atomic E-state index is 0.118. The third kappa shape index (κ3) is 6.79. The number of amides is 4. The van der Waals surface area contributed by atoms with Gasteiger partial charge in [-0.05, 0) is 46.8 Å². The lowest BCUT2D eigenvalue weighted by Gasteiger charge is -2.35. The van der Waals surface area contributed by atoms with Crippen molar-refractivity contribution in [2.45, 2.75) is 88.9 Å². The maximum atomic E-state index is 14.1. The number of imide groups is 1. The Morgan fingerprint density at radius 3 is 2.35 bits per heavy atom. The molecule has 10 nitrogen and oxygen atoms in total. The van der Waals surface area contributed by atoms with Crippen molar-refractivity contribution in [3.8, 4) is 5.75 Å². The van der Waals surface area contributed by atoms with Gasteiger partial charge < -0.3 is 20.8 Å². The van der Waals surface area contributed by atoms with E-state index in [0.29, 0.717) is 24.8 Å². The number of benzene rings is 2. The third-order valence-corrected chi connectivity index (χ3v) is 10.2. The number of phenolic OH excluding ortho intramolecular Hbond substituents is 1. The zero-order chi connectivity index (χ0) is 31.3. The van der Waals surface area contributed by atoms with Crippen LogP contribution in [0.5, 0.6) is 5.75 Å². The highest BCUT2D eigenvalue weighted by Crippen LogP contribution is 2.41. The smallest absolute Gasteiger partial charge is 0.345 e. The molecule has 0 aliphatic carbocycles. The van der Waals surface area contributed by atoms with Crippen molar-refractivity contribution in [1.82, 2.24) is 15.5 Å². The molecule has 0 spiro atoms. The lowest BCUT2D eigenvalue weighted by Crippen LogP contribution is -2.63. The molecule has 2 aliphatic rings. The highest BCUT2D eigenvalue weighted by molar-refractivity contribution is 9.10. The second kappa shape index (κ2) is 14.3. The number of carbonyl (C=O) groups is 4. The minimum Gasteiger partial charge on any atom is -0.506 e. The maximum Gasteiger partial charge on any atom is 0.345 e. The van der Waals surface area contributed by atoms with Gasteiger partial charge in [0.2, 0.25) is 5.91 Å². The van der Waals surface area contributed by atoms with Crippen molar-refractivity contribution in [3.05, 3.63) is 39.9 Å². The van der Waals surface area contributed by atoms with Crippen LogP contribution in [0.1, 0.15) is 92.4 Å². The van der Waals surface area contributed by atoms with Crippen molar-refractivity contribution in [2.24, 2.45) is 5.92 Å². The molecule has 43 heavy (non-hydrogen) atoms. The molecule has 0 radical (unpaired) electrons. The summed E-state index contributed by atoms with van der Waals surface area (Å²) >= 11 is 3.26. The molecule has 4 unspecified atom stereocenters. The maximum absolute atomic E-state index is 14.1. The van der Waals surface area contributed by atoms with Gasteiger partial charge in [0.1, 0.15) is 17.9 Å². The Morgan fingerprint density at radius 2 is 1.70 bits per heavy atom. The number of rotatable bonds is 7. The fourth-order valence-electron chi connectivity index (χ4n) is 5.99. The average molecular weight is 678 g/mol. The molecule has 4 atom stereocenters. The van der Waals surface area contributed by atoms with E-state index in [1.165, 1.54) is 12.1 Å². The molecular formula is C31H40BrN3O7P+. The lowest BCUT2D eigenvalue weighted by molar-refractivity contribution is -0.133. The van der Waals surface area contributed by atoms with Crippen LogP contribution in [0.4, 0.5) is 0 Å². The van der Waals surface area contributed by atoms with Crippen molar-refractivity contribution in [3.63, 3.8) is 0 Å². The van der Waals surface area contributed by atoms with E-state index in [1.807, 2.05) is 0 Å². The van der Waals surface area contributed by atoms with Crippen molar-refractivity contribution in [1.29, 1.82) is 0 Å². The van der Waals surface area contributed by atoms with Crippen LogP contribution in [0.25, 0.3) is 10.8 Å². The molecule has 232 valence electrons. The summed E-state index contributed by atoms with van der Waals surface area (Å²) in [5, 5.41) is 26.0. The first-order valence-electron chi connectivity index (χ1n) is 15.0. The number of hydrogen-bond acceptors (Lipinski definition) is 7. The topological polar surface area (TPSA) is 153 Å². The Morgan fingerprint density at radius 1 is 1.07 bits per heavy atom. The SMILES string of the molecule is CC(C)C(O)C(CN1C(=O)c2cccc3c(O)c(Br)cc(c23)C1=O)([PH+]=O)C(=O)NC1CCCCCCCCCCNC1=O. The first kappa shape index (κ1) is 33.0. The van der Waals surface area contributed by atoms with Gasteiger partial charge in [-0.1, -0.05) is 75.5 Å². The zero-order valence-corrected chi connectivity index (χ0v) is 27.2. The molecule has 2 aromatic carbocycles. The minimum atomic E-state index is -2.10. The molecule has 1 saturated heterocycles. The van der Waals surface area contributed by atoms with Crippen LogP contribution in [0.2, 0.25) is 0 Å². The van der Waals surface area contributed by atoms with Crippen LogP contribution in [-0.2, 0) is 14.2 Å². The molecule has 2 heterocycles. The van der Waals surface area contributed by atoms with E-state index < -0.39 is 55.9 Å². The summed E-state index contributed by atoms with van der Waals surface area (Å²) in [6.45, 7) is 3.10.